The molecule has 2 amide bonds. The normalized spacial score (nSPS) is 11.4. The van der Waals surface area contributed by atoms with Crippen LogP contribution >= 0.6 is 0 Å². The van der Waals surface area contributed by atoms with E-state index < -0.39 is 29.3 Å². The molecule has 0 radical (unpaired) electrons. The van der Waals surface area contributed by atoms with Gasteiger partial charge < -0.3 is 15.4 Å². The topological polar surface area (TPSA) is 102 Å². The fraction of sp³-hybridized carbons (Fsp3) is 0.250. The largest absolute Gasteiger partial charge is 0.452 e. The molecule has 148 valence electrons. The summed E-state index contributed by atoms with van der Waals surface area (Å²) in [7, 11) is -1.36. The van der Waals surface area contributed by atoms with Crippen molar-refractivity contribution in [2.45, 2.75) is 18.7 Å². The van der Waals surface area contributed by atoms with Gasteiger partial charge in [-0.3, -0.25) is 13.8 Å². The standard InChI is InChI=1S/C20H22N2O5S/c1-13-7-6-8-14(2)19(13)22-17(23)11-21-18(24)12-27-20(25)15-9-4-5-10-16(15)28(3)26/h4-10H,11-12H2,1-3H3,(H,21,24)(H,22,23)/t28-/m1/s1. The maximum atomic E-state index is 12.1. The Morgan fingerprint density at radius 1 is 0.964 bits per heavy atom. The second-order valence-electron chi connectivity index (χ2n) is 6.12. The molecule has 2 rings (SSSR count). The molecule has 2 aromatic rings. The van der Waals surface area contributed by atoms with E-state index in [4.69, 9.17) is 4.74 Å². The van der Waals surface area contributed by atoms with Gasteiger partial charge in [-0.25, -0.2) is 4.79 Å². The van der Waals surface area contributed by atoms with Crippen LogP contribution < -0.4 is 10.6 Å². The predicted molar refractivity (Wildman–Crippen MR) is 107 cm³/mol. The molecule has 0 saturated heterocycles. The SMILES string of the molecule is Cc1cccc(C)c1NC(=O)CNC(=O)COC(=O)c1ccccc1[S@@](C)=O. The lowest BCUT2D eigenvalue weighted by Gasteiger charge is -2.12. The number of rotatable bonds is 7. The van der Waals surface area contributed by atoms with Crippen LogP contribution in [0, 0.1) is 13.8 Å². The summed E-state index contributed by atoms with van der Waals surface area (Å²) < 4.78 is 16.6. The summed E-state index contributed by atoms with van der Waals surface area (Å²) in [5.74, 6) is -1.75. The molecule has 0 bridgehead atoms. The average Bonchev–Trinajstić information content (AvgIpc) is 2.67. The second kappa shape index (κ2) is 9.80. The van der Waals surface area contributed by atoms with Gasteiger partial charge in [-0.05, 0) is 37.1 Å². The van der Waals surface area contributed by atoms with Crippen molar-refractivity contribution in [3.05, 3.63) is 59.2 Å². The van der Waals surface area contributed by atoms with Crippen LogP contribution in [-0.2, 0) is 25.1 Å². The number of carbonyl (C=O) groups excluding carboxylic acids is 3. The number of nitrogens with one attached hydrogen (secondary N) is 2. The van der Waals surface area contributed by atoms with Gasteiger partial charge in [0.05, 0.1) is 27.8 Å². The molecule has 0 aliphatic heterocycles. The van der Waals surface area contributed by atoms with Crippen LogP contribution in [0.5, 0.6) is 0 Å². The second-order valence-corrected chi connectivity index (χ2v) is 7.47. The molecule has 0 fully saturated rings. The van der Waals surface area contributed by atoms with E-state index in [0.29, 0.717) is 10.6 Å². The third kappa shape index (κ3) is 5.75. The van der Waals surface area contributed by atoms with Crippen LogP contribution in [0.15, 0.2) is 47.4 Å². The van der Waals surface area contributed by atoms with Gasteiger partial charge in [0.2, 0.25) is 5.91 Å². The van der Waals surface area contributed by atoms with E-state index in [1.165, 1.54) is 12.3 Å². The fourth-order valence-corrected chi connectivity index (χ4v) is 3.25. The highest BCUT2D eigenvalue weighted by Gasteiger charge is 2.16. The molecule has 0 spiro atoms. The molecule has 1 atom stereocenters. The first kappa shape index (κ1) is 21.3. The van der Waals surface area contributed by atoms with E-state index in [-0.39, 0.29) is 18.0 Å². The van der Waals surface area contributed by atoms with Crippen LogP contribution in [0.2, 0.25) is 0 Å². The van der Waals surface area contributed by atoms with Crippen LogP contribution in [0.1, 0.15) is 21.5 Å². The molecule has 0 heterocycles. The van der Waals surface area contributed by atoms with Crippen molar-refractivity contribution < 1.29 is 23.3 Å². The molecule has 2 aromatic carbocycles. The Labute approximate surface area is 165 Å². The van der Waals surface area contributed by atoms with Crippen molar-refractivity contribution in [3.63, 3.8) is 0 Å². The number of para-hydroxylation sites is 1. The van der Waals surface area contributed by atoms with Gasteiger partial charge in [0.1, 0.15) is 0 Å². The van der Waals surface area contributed by atoms with Crippen molar-refractivity contribution in [2.75, 3.05) is 24.7 Å². The Kier molecular flexibility index (Phi) is 7.45. The quantitative estimate of drug-likeness (QED) is 0.690. The highest BCUT2D eigenvalue weighted by molar-refractivity contribution is 7.84. The highest BCUT2D eigenvalue weighted by atomic mass is 32.2. The minimum Gasteiger partial charge on any atom is -0.452 e. The molecule has 2 N–H and O–H groups in total. The lowest BCUT2D eigenvalue weighted by atomic mass is 10.1. The maximum Gasteiger partial charge on any atom is 0.339 e. The number of benzene rings is 2. The van der Waals surface area contributed by atoms with Gasteiger partial charge in [-0.1, -0.05) is 30.3 Å². The van der Waals surface area contributed by atoms with Crippen molar-refractivity contribution in [3.8, 4) is 0 Å². The lowest BCUT2D eigenvalue weighted by Crippen LogP contribution is -2.35. The number of hydrogen-bond acceptors (Lipinski definition) is 5. The predicted octanol–water partition coefficient (Wildman–Crippen LogP) is 1.95. The molecule has 0 aliphatic rings. The van der Waals surface area contributed by atoms with E-state index in [9.17, 15) is 18.6 Å². The maximum absolute atomic E-state index is 12.1. The summed E-state index contributed by atoms with van der Waals surface area (Å²) in [5.41, 5.74) is 2.68. The minimum atomic E-state index is -1.36. The number of carbonyl (C=O) groups is 3. The van der Waals surface area contributed by atoms with Crippen LogP contribution in [0.4, 0.5) is 5.69 Å². The summed E-state index contributed by atoms with van der Waals surface area (Å²) in [4.78, 5) is 36.3. The van der Waals surface area contributed by atoms with Gasteiger partial charge in [-0.2, -0.15) is 0 Å². The highest BCUT2D eigenvalue weighted by Crippen LogP contribution is 2.19. The van der Waals surface area contributed by atoms with Crippen molar-refractivity contribution in [2.24, 2.45) is 0 Å². The minimum absolute atomic E-state index is 0.143. The van der Waals surface area contributed by atoms with E-state index in [1.807, 2.05) is 32.0 Å². The molecule has 8 heteroatoms. The zero-order valence-electron chi connectivity index (χ0n) is 15.9. The van der Waals surface area contributed by atoms with E-state index >= 15 is 0 Å². The number of anilines is 1. The third-order valence-corrected chi connectivity index (χ3v) is 4.92. The van der Waals surface area contributed by atoms with Gasteiger partial charge in [-0.15, -0.1) is 0 Å². The Balaban J connectivity index is 1.84. The average molecular weight is 402 g/mol. The third-order valence-electron chi connectivity index (χ3n) is 3.94. The van der Waals surface area contributed by atoms with E-state index in [1.54, 1.807) is 18.2 Å². The molecule has 0 saturated carbocycles. The Hall–Kier alpha value is -3.00. The number of aryl methyl sites for hydroxylation is 2. The van der Waals surface area contributed by atoms with Gasteiger partial charge in [0.15, 0.2) is 6.61 Å². The first-order valence-electron chi connectivity index (χ1n) is 8.52. The molecular weight excluding hydrogens is 380 g/mol. The van der Waals surface area contributed by atoms with Gasteiger partial charge in [0.25, 0.3) is 5.91 Å². The van der Waals surface area contributed by atoms with Crippen LogP contribution in [0.3, 0.4) is 0 Å². The van der Waals surface area contributed by atoms with E-state index in [2.05, 4.69) is 10.6 Å². The first-order chi connectivity index (χ1) is 13.3. The molecular formula is C20H22N2O5S. The van der Waals surface area contributed by atoms with Crippen molar-refractivity contribution >= 4 is 34.3 Å². The molecule has 28 heavy (non-hydrogen) atoms. The van der Waals surface area contributed by atoms with Crippen molar-refractivity contribution in [1.29, 1.82) is 0 Å². The fourth-order valence-electron chi connectivity index (χ4n) is 2.52. The first-order valence-corrected chi connectivity index (χ1v) is 10.1. The smallest absolute Gasteiger partial charge is 0.339 e. The van der Waals surface area contributed by atoms with Crippen LogP contribution in [-0.4, -0.2) is 41.4 Å². The van der Waals surface area contributed by atoms with Crippen LogP contribution in [0.25, 0.3) is 0 Å². The number of ether oxygens (including phenoxy) is 1. The zero-order valence-corrected chi connectivity index (χ0v) is 16.7. The Morgan fingerprint density at radius 2 is 1.61 bits per heavy atom. The number of amides is 2. The summed E-state index contributed by atoms with van der Waals surface area (Å²) in [5, 5.41) is 5.15. The molecule has 0 aromatic heterocycles. The number of esters is 1. The van der Waals surface area contributed by atoms with Gasteiger partial charge in [0, 0.05) is 11.9 Å². The summed E-state index contributed by atoms with van der Waals surface area (Å²) in [6.07, 6.45) is 1.45. The molecule has 7 nitrogen and oxygen atoms in total. The van der Waals surface area contributed by atoms with E-state index in [0.717, 1.165) is 11.1 Å². The van der Waals surface area contributed by atoms with Gasteiger partial charge >= 0.3 is 5.97 Å². The Morgan fingerprint density at radius 3 is 2.25 bits per heavy atom. The monoisotopic (exact) mass is 402 g/mol. The number of hydrogen-bond donors (Lipinski definition) is 2. The summed E-state index contributed by atoms with van der Waals surface area (Å²) in [6, 6.07) is 12.0. The summed E-state index contributed by atoms with van der Waals surface area (Å²) >= 11 is 0. The molecule has 0 unspecified atom stereocenters. The Bertz CT molecular complexity index is 906. The molecule has 0 aliphatic carbocycles. The lowest BCUT2D eigenvalue weighted by molar-refractivity contribution is -0.126. The summed E-state index contributed by atoms with van der Waals surface area (Å²) in [6.45, 7) is 2.96. The van der Waals surface area contributed by atoms with Crippen molar-refractivity contribution in [1.82, 2.24) is 5.32 Å². The zero-order chi connectivity index (χ0) is 20.7.